The van der Waals surface area contributed by atoms with E-state index in [-0.39, 0.29) is 12.2 Å². The van der Waals surface area contributed by atoms with Gasteiger partial charge in [-0.1, -0.05) is 0 Å². The zero-order chi connectivity index (χ0) is 15.4. The maximum atomic E-state index is 13.7. The summed E-state index contributed by atoms with van der Waals surface area (Å²) >= 11 is 0. The van der Waals surface area contributed by atoms with Crippen LogP contribution in [0.15, 0.2) is 17.9 Å². The minimum atomic E-state index is -1.75. The van der Waals surface area contributed by atoms with Gasteiger partial charge in [0.05, 0.1) is 24.0 Å². The average Bonchev–Trinajstić information content (AvgIpc) is 2.36. The molecule has 0 N–H and O–H groups in total. The first-order valence-electron chi connectivity index (χ1n) is 5.82. The van der Waals surface area contributed by atoms with E-state index in [0.717, 1.165) is 13.2 Å². The summed E-state index contributed by atoms with van der Waals surface area (Å²) in [6, 6.07) is 0.698. The molecule has 0 aromatic heterocycles. The van der Waals surface area contributed by atoms with Crippen molar-refractivity contribution in [2.24, 2.45) is 0 Å². The molecule has 1 aromatic rings. The Morgan fingerprint density at radius 1 is 1.25 bits per heavy atom. The van der Waals surface area contributed by atoms with Crippen LogP contribution >= 0.6 is 0 Å². The third-order valence-electron chi connectivity index (χ3n) is 2.58. The first-order valence-corrected chi connectivity index (χ1v) is 5.82. The van der Waals surface area contributed by atoms with Crippen molar-refractivity contribution < 1.29 is 27.5 Å². The fraction of sp³-hybridized carbons (Fsp3) is 0.286. The molecule has 6 heteroatoms. The summed E-state index contributed by atoms with van der Waals surface area (Å²) in [5.41, 5.74) is -1.21. The third kappa shape index (κ3) is 3.07. The van der Waals surface area contributed by atoms with Gasteiger partial charge in [0, 0.05) is 0 Å². The number of carbonyl (C=O) groups excluding carboxylic acids is 2. The molecule has 3 nitrogen and oxygen atoms in total. The van der Waals surface area contributed by atoms with Gasteiger partial charge in [0.2, 0.25) is 5.78 Å². The molecule has 0 fully saturated rings. The molecule has 0 aliphatic rings. The number of hydrogen-bond acceptors (Lipinski definition) is 3. The highest BCUT2D eigenvalue weighted by atomic mass is 19.2. The van der Waals surface area contributed by atoms with Gasteiger partial charge < -0.3 is 4.74 Å². The van der Waals surface area contributed by atoms with Crippen LogP contribution in [0, 0.1) is 24.4 Å². The Hall–Kier alpha value is -2.11. The summed E-state index contributed by atoms with van der Waals surface area (Å²) in [4.78, 5) is 23.5. The predicted molar refractivity (Wildman–Crippen MR) is 65.8 cm³/mol. The van der Waals surface area contributed by atoms with E-state index >= 15 is 0 Å². The maximum Gasteiger partial charge on any atom is 0.203 e. The number of rotatable bonds is 5. The molecule has 0 spiro atoms. The Kier molecular flexibility index (Phi) is 5.07. The normalized spacial score (nSPS) is 11.4. The van der Waals surface area contributed by atoms with Crippen LogP contribution in [0.3, 0.4) is 0 Å². The molecule has 0 atom stereocenters. The molecule has 20 heavy (non-hydrogen) atoms. The zero-order valence-electron chi connectivity index (χ0n) is 11.2. The molecule has 0 aliphatic heterocycles. The van der Waals surface area contributed by atoms with Crippen molar-refractivity contribution in [3.05, 3.63) is 46.5 Å². The fourth-order valence-corrected chi connectivity index (χ4v) is 1.59. The Labute approximate surface area is 114 Å². The van der Waals surface area contributed by atoms with Crippen LogP contribution in [0.1, 0.15) is 29.8 Å². The highest BCUT2D eigenvalue weighted by molar-refractivity contribution is 6.26. The summed E-state index contributed by atoms with van der Waals surface area (Å²) in [5.74, 6) is -6.46. The minimum Gasteiger partial charge on any atom is -0.501 e. The first-order chi connectivity index (χ1) is 9.31. The number of ketones is 2. The molecular weight excluding hydrogens is 273 g/mol. The number of ether oxygens (including phenoxy) is 1. The minimum absolute atomic E-state index is 0.102. The lowest BCUT2D eigenvalue weighted by molar-refractivity contribution is -0.113. The number of carbonyl (C=O) groups is 2. The lowest BCUT2D eigenvalue weighted by atomic mass is 9.97. The SMILES string of the molecule is CCO/C=C(\C(C)=O)C(=O)c1c(C)cc(F)c(F)c1F. The van der Waals surface area contributed by atoms with Crippen LogP contribution in [-0.2, 0) is 9.53 Å². The average molecular weight is 286 g/mol. The van der Waals surface area contributed by atoms with Gasteiger partial charge in [-0.05, 0) is 32.4 Å². The van der Waals surface area contributed by atoms with Gasteiger partial charge in [0.1, 0.15) is 0 Å². The second kappa shape index (κ2) is 6.36. The van der Waals surface area contributed by atoms with Crippen molar-refractivity contribution in [1.29, 1.82) is 0 Å². The molecule has 0 saturated heterocycles. The Morgan fingerprint density at radius 2 is 1.85 bits per heavy atom. The van der Waals surface area contributed by atoms with Gasteiger partial charge in [-0.25, -0.2) is 13.2 Å². The van der Waals surface area contributed by atoms with E-state index in [1.54, 1.807) is 6.92 Å². The summed E-state index contributed by atoms with van der Waals surface area (Å²) in [6.45, 7) is 4.17. The second-order valence-electron chi connectivity index (χ2n) is 4.05. The number of halogens is 3. The molecule has 0 saturated carbocycles. The monoisotopic (exact) mass is 286 g/mol. The fourth-order valence-electron chi connectivity index (χ4n) is 1.59. The van der Waals surface area contributed by atoms with Gasteiger partial charge in [-0.2, -0.15) is 0 Å². The topological polar surface area (TPSA) is 43.4 Å². The van der Waals surface area contributed by atoms with Gasteiger partial charge in [0.15, 0.2) is 23.2 Å². The second-order valence-corrected chi connectivity index (χ2v) is 4.05. The van der Waals surface area contributed by atoms with Crippen LogP contribution in [0.4, 0.5) is 13.2 Å². The van der Waals surface area contributed by atoms with Crippen molar-refractivity contribution in [2.75, 3.05) is 6.61 Å². The van der Waals surface area contributed by atoms with Gasteiger partial charge in [-0.15, -0.1) is 0 Å². The van der Waals surface area contributed by atoms with E-state index in [4.69, 9.17) is 4.74 Å². The summed E-state index contributed by atoms with van der Waals surface area (Å²) in [6.07, 6.45) is 0.894. The van der Waals surface area contributed by atoms with Crippen LogP contribution in [0.25, 0.3) is 0 Å². The van der Waals surface area contributed by atoms with Crippen molar-refractivity contribution in [3.63, 3.8) is 0 Å². The molecule has 1 aromatic carbocycles. The Balaban J connectivity index is 3.40. The standard InChI is InChI=1S/C14H13F3O3/c1-4-20-6-9(8(3)18)14(19)11-7(2)5-10(15)12(16)13(11)17/h5-6H,4H2,1-3H3/b9-6+. The predicted octanol–water partition coefficient (Wildman–Crippen LogP) is 3.10. The number of hydrogen-bond donors (Lipinski definition) is 0. The van der Waals surface area contributed by atoms with Crippen molar-refractivity contribution >= 4 is 11.6 Å². The third-order valence-corrected chi connectivity index (χ3v) is 2.58. The molecule has 0 heterocycles. The summed E-state index contributed by atoms with van der Waals surface area (Å²) in [7, 11) is 0. The number of allylic oxidation sites excluding steroid dienone is 1. The maximum absolute atomic E-state index is 13.7. The molecule has 0 radical (unpaired) electrons. The van der Waals surface area contributed by atoms with Crippen LogP contribution in [-0.4, -0.2) is 18.2 Å². The van der Waals surface area contributed by atoms with Gasteiger partial charge in [-0.3, -0.25) is 9.59 Å². The van der Waals surface area contributed by atoms with E-state index in [0.29, 0.717) is 6.07 Å². The van der Waals surface area contributed by atoms with Crippen molar-refractivity contribution in [3.8, 4) is 0 Å². The number of Topliss-reactive ketones (excluding diaryl/α,β-unsaturated/α-hetero) is 2. The van der Waals surface area contributed by atoms with E-state index in [1.807, 2.05) is 0 Å². The summed E-state index contributed by atoms with van der Waals surface area (Å²) in [5, 5.41) is 0. The van der Waals surface area contributed by atoms with E-state index < -0.39 is 40.2 Å². The van der Waals surface area contributed by atoms with Crippen molar-refractivity contribution in [1.82, 2.24) is 0 Å². The smallest absolute Gasteiger partial charge is 0.203 e. The number of aryl methyl sites for hydroxylation is 1. The lowest BCUT2D eigenvalue weighted by Crippen LogP contribution is -2.16. The highest BCUT2D eigenvalue weighted by Crippen LogP contribution is 2.22. The molecule has 1 rings (SSSR count). The Bertz CT molecular complexity index is 592. The van der Waals surface area contributed by atoms with E-state index in [2.05, 4.69) is 0 Å². The van der Waals surface area contributed by atoms with Crippen LogP contribution < -0.4 is 0 Å². The van der Waals surface area contributed by atoms with Crippen LogP contribution in [0.2, 0.25) is 0 Å². The van der Waals surface area contributed by atoms with E-state index in [1.165, 1.54) is 6.92 Å². The molecule has 0 aliphatic carbocycles. The molecule has 0 amide bonds. The quantitative estimate of drug-likeness (QED) is 0.209. The highest BCUT2D eigenvalue weighted by Gasteiger charge is 2.26. The Morgan fingerprint density at radius 3 is 2.35 bits per heavy atom. The van der Waals surface area contributed by atoms with Gasteiger partial charge in [0.25, 0.3) is 0 Å². The number of benzene rings is 1. The molecule has 0 unspecified atom stereocenters. The van der Waals surface area contributed by atoms with Gasteiger partial charge >= 0.3 is 0 Å². The molecule has 0 bridgehead atoms. The summed E-state index contributed by atoms with van der Waals surface area (Å²) < 4.78 is 44.8. The lowest BCUT2D eigenvalue weighted by Gasteiger charge is -2.09. The van der Waals surface area contributed by atoms with Crippen molar-refractivity contribution in [2.45, 2.75) is 20.8 Å². The largest absolute Gasteiger partial charge is 0.501 e. The first kappa shape index (κ1) is 15.9. The van der Waals surface area contributed by atoms with Crippen LogP contribution in [0.5, 0.6) is 0 Å². The molecular formula is C14H13F3O3. The zero-order valence-corrected chi connectivity index (χ0v) is 11.2. The molecule has 108 valence electrons. The van der Waals surface area contributed by atoms with E-state index in [9.17, 15) is 22.8 Å².